The Morgan fingerprint density at radius 2 is 1.88 bits per heavy atom. The third kappa shape index (κ3) is 4.45. The van der Waals surface area contributed by atoms with Gasteiger partial charge >= 0.3 is 11.9 Å². The van der Waals surface area contributed by atoms with Crippen LogP contribution in [0.4, 0.5) is 18.9 Å². The Labute approximate surface area is 151 Å². The summed E-state index contributed by atoms with van der Waals surface area (Å²) in [5, 5.41) is 7.78. The number of aromatic nitrogens is 3. The lowest BCUT2D eigenvalue weighted by Crippen LogP contribution is -2.19. The maximum Gasteiger partial charge on any atom is 0.416 e. The Bertz CT molecular complexity index is 948. The number of benzene rings is 2. The fraction of sp³-hybridized carbons (Fsp3) is 0.176. The number of aromatic amines is 1. The van der Waals surface area contributed by atoms with Gasteiger partial charge in [-0.3, -0.25) is 4.98 Å². The predicted octanol–water partition coefficient (Wildman–Crippen LogP) is 3.90. The summed E-state index contributed by atoms with van der Waals surface area (Å²) in [6, 6.07) is 11.8. The monoisotopic (exact) mass is 382 g/mol. The van der Waals surface area contributed by atoms with E-state index in [4.69, 9.17) is 11.6 Å². The van der Waals surface area contributed by atoms with E-state index in [1.54, 1.807) is 24.3 Å². The Morgan fingerprint density at radius 3 is 2.58 bits per heavy atom. The topological polar surface area (TPSA) is 62.7 Å². The van der Waals surface area contributed by atoms with Gasteiger partial charge in [0.05, 0.1) is 18.7 Å². The zero-order valence-electron chi connectivity index (χ0n) is 13.3. The molecular formula is C17H14ClF3N4O. The molecule has 9 heteroatoms. The molecule has 0 atom stereocenters. The van der Waals surface area contributed by atoms with E-state index in [9.17, 15) is 18.0 Å². The van der Waals surface area contributed by atoms with Crippen LogP contribution in [0.2, 0.25) is 5.02 Å². The SMILES string of the molecule is O=c1[nH]c(CNc2ccc(Cl)cc2)nn1Cc1cccc(C(F)(F)F)c1. The molecule has 26 heavy (non-hydrogen) atoms. The lowest BCUT2D eigenvalue weighted by molar-refractivity contribution is -0.137. The highest BCUT2D eigenvalue weighted by Crippen LogP contribution is 2.29. The summed E-state index contributed by atoms with van der Waals surface area (Å²) in [5.41, 5.74) is -0.119. The fourth-order valence-electron chi connectivity index (χ4n) is 2.36. The summed E-state index contributed by atoms with van der Waals surface area (Å²) >= 11 is 5.81. The Balaban J connectivity index is 1.70. The number of hydrogen-bond donors (Lipinski definition) is 2. The molecular weight excluding hydrogens is 369 g/mol. The first-order valence-electron chi connectivity index (χ1n) is 7.63. The lowest BCUT2D eigenvalue weighted by atomic mass is 10.1. The quantitative estimate of drug-likeness (QED) is 0.703. The standard InChI is InChI=1S/C17H14ClF3N4O/c18-13-4-6-14(7-5-13)22-9-15-23-16(26)25(24-15)10-11-2-1-3-12(8-11)17(19,20)21/h1-8,22H,9-10H2,(H,23,24,26). The van der Waals surface area contributed by atoms with Gasteiger partial charge in [-0.1, -0.05) is 23.7 Å². The molecule has 0 saturated carbocycles. The highest BCUT2D eigenvalue weighted by molar-refractivity contribution is 6.30. The van der Waals surface area contributed by atoms with Crippen molar-refractivity contribution in [3.05, 3.63) is 81.0 Å². The highest BCUT2D eigenvalue weighted by atomic mass is 35.5. The summed E-state index contributed by atoms with van der Waals surface area (Å²) in [4.78, 5) is 14.5. The van der Waals surface area contributed by atoms with Crippen LogP contribution in [0.3, 0.4) is 0 Å². The van der Waals surface area contributed by atoms with Gasteiger partial charge in [0.2, 0.25) is 0 Å². The molecule has 136 valence electrons. The van der Waals surface area contributed by atoms with E-state index in [0.29, 0.717) is 16.4 Å². The average molecular weight is 383 g/mol. The van der Waals surface area contributed by atoms with E-state index in [1.165, 1.54) is 12.1 Å². The molecule has 3 rings (SSSR count). The molecule has 3 aromatic rings. The van der Waals surface area contributed by atoms with Crippen LogP contribution in [0.5, 0.6) is 0 Å². The van der Waals surface area contributed by atoms with Crippen molar-refractivity contribution in [3.8, 4) is 0 Å². The zero-order chi connectivity index (χ0) is 18.7. The number of anilines is 1. The van der Waals surface area contributed by atoms with Crippen molar-refractivity contribution in [2.75, 3.05) is 5.32 Å². The number of H-pyrrole nitrogens is 1. The van der Waals surface area contributed by atoms with Crippen LogP contribution in [-0.2, 0) is 19.3 Å². The fourth-order valence-corrected chi connectivity index (χ4v) is 2.49. The number of nitrogens with zero attached hydrogens (tertiary/aromatic N) is 2. The second kappa shape index (κ2) is 7.25. The molecule has 0 aliphatic heterocycles. The second-order valence-corrected chi connectivity index (χ2v) is 6.03. The highest BCUT2D eigenvalue weighted by Gasteiger charge is 2.30. The van der Waals surface area contributed by atoms with Crippen LogP contribution < -0.4 is 11.0 Å². The zero-order valence-corrected chi connectivity index (χ0v) is 14.1. The maximum absolute atomic E-state index is 12.8. The predicted molar refractivity (Wildman–Crippen MR) is 92.2 cm³/mol. The van der Waals surface area contributed by atoms with E-state index in [0.717, 1.165) is 22.5 Å². The van der Waals surface area contributed by atoms with Gasteiger partial charge in [0.25, 0.3) is 0 Å². The van der Waals surface area contributed by atoms with Gasteiger partial charge in [-0.2, -0.15) is 18.3 Å². The summed E-state index contributed by atoms with van der Waals surface area (Å²) < 4.78 is 39.4. The van der Waals surface area contributed by atoms with Crippen LogP contribution in [0.15, 0.2) is 53.3 Å². The van der Waals surface area contributed by atoms with E-state index in [1.807, 2.05) is 0 Å². The molecule has 0 aliphatic carbocycles. The van der Waals surface area contributed by atoms with Crippen molar-refractivity contribution >= 4 is 17.3 Å². The van der Waals surface area contributed by atoms with Crippen molar-refractivity contribution in [2.24, 2.45) is 0 Å². The molecule has 0 amide bonds. The van der Waals surface area contributed by atoms with Crippen molar-refractivity contribution in [1.82, 2.24) is 14.8 Å². The number of nitrogens with one attached hydrogen (secondary N) is 2. The largest absolute Gasteiger partial charge is 0.416 e. The summed E-state index contributed by atoms with van der Waals surface area (Å²) in [6.07, 6.45) is -4.43. The molecule has 0 fully saturated rings. The van der Waals surface area contributed by atoms with Gasteiger partial charge in [-0.25, -0.2) is 9.48 Å². The number of rotatable bonds is 5. The molecule has 5 nitrogen and oxygen atoms in total. The van der Waals surface area contributed by atoms with Crippen LogP contribution in [0.1, 0.15) is 17.0 Å². The minimum atomic E-state index is -4.43. The van der Waals surface area contributed by atoms with Crippen molar-refractivity contribution in [2.45, 2.75) is 19.3 Å². The average Bonchev–Trinajstić information content (AvgIpc) is 2.94. The molecule has 0 radical (unpaired) electrons. The molecule has 1 heterocycles. The van der Waals surface area contributed by atoms with Gasteiger partial charge in [0.1, 0.15) is 5.82 Å². The molecule has 0 aliphatic rings. The van der Waals surface area contributed by atoms with Gasteiger partial charge < -0.3 is 5.32 Å². The smallest absolute Gasteiger partial charge is 0.378 e. The van der Waals surface area contributed by atoms with Gasteiger partial charge in [0, 0.05) is 10.7 Å². The van der Waals surface area contributed by atoms with Gasteiger partial charge in [-0.05, 0) is 42.0 Å². The summed E-state index contributed by atoms with van der Waals surface area (Å²) in [5.74, 6) is 0.372. The van der Waals surface area contributed by atoms with Crippen molar-refractivity contribution < 1.29 is 13.2 Å². The first-order chi connectivity index (χ1) is 12.3. The van der Waals surface area contributed by atoms with Gasteiger partial charge in [0.15, 0.2) is 0 Å². The first kappa shape index (κ1) is 18.1. The minimum absolute atomic E-state index is 0.0554. The third-order valence-electron chi connectivity index (χ3n) is 3.62. The van der Waals surface area contributed by atoms with Crippen LogP contribution in [0.25, 0.3) is 0 Å². The Kier molecular flexibility index (Phi) is 5.03. The summed E-state index contributed by atoms with van der Waals surface area (Å²) in [7, 11) is 0. The van der Waals surface area contributed by atoms with Crippen LogP contribution >= 0.6 is 11.6 Å². The molecule has 2 aromatic carbocycles. The van der Waals surface area contributed by atoms with Gasteiger partial charge in [-0.15, -0.1) is 0 Å². The second-order valence-electron chi connectivity index (χ2n) is 5.59. The van der Waals surface area contributed by atoms with Crippen molar-refractivity contribution in [3.63, 3.8) is 0 Å². The Hall–Kier alpha value is -2.74. The van der Waals surface area contributed by atoms with Crippen LogP contribution in [0, 0.1) is 0 Å². The molecule has 0 unspecified atom stereocenters. The summed E-state index contributed by atoms with van der Waals surface area (Å²) in [6.45, 7) is 0.201. The Morgan fingerprint density at radius 1 is 1.15 bits per heavy atom. The number of alkyl halides is 3. The van der Waals surface area contributed by atoms with E-state index < -0.39 is 17.4 Å². The first-order valence-corrected chi connectivity index (χ1v) is 8.00. The van der Waals surface area contributed by atoms with Crippen LogP contribution in [-0.4, -0.2) is 14.8 Å². The maximum atomic E-state index is 12.8. The molecule has 0 bridgehead atoms. The number of hydrogen-bond acceptors (Lipinski definition) is 3. The molecule has 0 spiro atoms. The third-order valence-corrected chi connectivity index (χ3v) is 3.87. The van der Waals surface area contributed by atoms with Crippen molar-refractivity contribution in [1.29, 1.82) is 0 Å². The molecule has 2 N–H and O–H groups in total. The van der Waals surface area contributed by atoms with E-state index in [2.05, 4.69) is 15.4 Å². The van der Waals surface area contributed by atoms with E-state index >= 15 is 0 Å². The minimum Gasteiger partial charge on any atom is -0.378 e. The normalized spacial score (nSPS) is 11.5. The molecule has 1 aromatic heterocycles. The number of halogens is 4. The van der Waals surface area contributed by atoms with E-state index in [-0.39, 0.29) is 13.1 Å². The lowest BCUT2D eigenvalue weighted by Gasteiger charge is -2.08. The molecule has 0 saturated heterocycles.